The van der Waals surface area contributed by atoms with Gasteiger partial charge in [-0.15, -0.1) is 0 Å². The summed E-state index contributed by atoms with van der Waals surface area (Å²) < 4.78 is 32.0. The first-order chi connectivity index (χ1) is 12.0. The van der Waals surface area contributed by atoms with Gasteiger partial charge in [0.2, 0.25) is 5.91 Å². The fourth-order valence-electron chi connectivity index (χ4n) is 2.69. The van der Waals surface area contributed by atoms with E-state index in [9.17, 15) is 13.6 Å². The summed E-state index contributed by atoms with van der Waals surface area (Å²) in [7, 11) is 1.61. The molecule has 25 heavy (non-hydrogen) atoms. The normalized spacial score (nSPS) is 13.8. The molecule has 6 heteroatoms. The molecule has 1 amide bonds. The topological polar surface area (TPSA) is 41.6 Å². The van der Waals surface area contributed by atoms with Crippen molar-refractivity contribution >= 4 is 11.6 Å². The number of halogens is 2. The predicted molar refractivity (Wildman–Crippen MR) is 91.4 cm³/mol. The van der Waals surface area contributed by atoms with E-state index in [0.29, 0.717) is 12.6 Å². The number of nitrogens with one attached hydrogen (secondary N) is 1. The van der Waals surface area contributed by atoms with Gasteiger partial charge in [-0.25, -0.2) is 8.78 Å². The molecular formula is C19H20F2N2O2. The molecule has 132 valence electrons. The number of benzene rings is 2. The van der Waals surface area contributed by atoms with Crippen LogP contribution >= 0.6 is 0 Å². The van der Waals surface area contributed by atoms with Crippen LogP contribution in [0.15, 0.2) is 42.5 Å². The third kappa shape index (κ3) is 4.76. The Morgan fingerprint density at radius 3 is 2.56 bits per heavy atom. The van der Waals surface area contributed by atoms with Gasteiger partial charge in [-0.3, -0.25) is 9.69 Å². The molecule has 4 nitrogen and oxygen atoms in total. The molecule has 0 spiro atoms. The fourth-order valence-corrected chi connectivity index (χ4v) is 2.69. The van der Waals surface area contributed by atoms with E-state index in [1.54, 1.807) is 7.11 Å². The Labute approximate surface area is 145 Å². The zero-order valence-corrected chi connectivity index (χ0v) is 14.0. The van der Waals surface area contributed by atoms with Crippen LogP contribution in [0.4, 0.5) is 14.5 Å². The van der Waals surface area contributed by atoms with Gasteiger partial charge in [-0.05, 0) is 42.7 Å². The Morgan fingerprint density at radius 1 is 1.20 bits per heavy atom. The number of nitrogens with zero attached hydrogens (tertiary/aromatic N) is 1. The number of hydrogen-bond donors (Lipinski definition) is 1. The number of carbonyl (C=O) groups excluding carboxylic acids is 1. The van der Waals surface area contributed by atoms with E-state index in [1.165, 1.54) is 0 Å². The Balaban J connectivity index is 1.63. The van der Waals surface area contributed by atoms with Gasteiger partial charge in [-0.1, -0.05) is 12.1 Å². The van der Waals surface area contributed by atoms with Crippen LogP contribution in [0.2, 0.25) is 0 Å². The zero-order chi connectivity index (χ0) is 17.8. The van der Waals surface area contributed by atoms with E-state index >= 15 is 0 Å². The summed E-state index contributed by atoms with van der Waals surface area (Å²) in [4.78, 5) is 14.3. The van der Waals surface area contributed by atoms with E-state index in [-0.39, 0.29) is 18.1 Å². The Kier molecular flexibility index (Phi) is 5.28. The molecule has 0 atom stereocenters. The van der Waals surface area contributed by atoms with Crippen molar-refractivity contribution in [3.05, 3.63) is 59.7 Å². The molecule has 1 N–H and O–H groups in total. The van der Waals surface area contributed by atoms with E-state index in [2.05, 4.69) is 5.32 Å². The molecule has 1 fully saturated rings. The first-order valence-corrected chi connectivity index (χ1v) is 8.17. The van der Waals surface area contributed by atoms with Crippen molar-refractivity contribution in [2.45, 2.75) is 25.4 Å². The van der Waals surface area contributed by atoms with Crippen LogP contribution in [0.3, 0.4) is 0 Å². The van der Waals surface area contributed by atoms with Crippen molar-refractivity contribution in [1.29, 1.82) is 0 Å². The zero-order valence-electron chi connectivity index (χ0n) is 14.0. The highest BCUT2D eigenvalue weighted by atomic mass is 19.1. The van der Waals surface area contributed by atoms with Crippen molar-refractivity contribution in [2.75, 3.05) is 19.0 Å². The highest BCUT2D eigenvalue weighted by Crippen LogP contribution is 2.28. The molecule has 2 aromatic carbocycles. The number of amides is 1. The lowest BCUT2D eigenvalue weighted by atomic mass is 10.2. The average molecular weight is 346 g/mol. The van der Waals surface area contributed by atoms with Gasteiger partial charge in [0.25, 0.3) is 0 Å². The smallest absolute Gasteiger partial charge is 0.238 e. The first kappa shape index (κ1) is 17.4. The van der Waals surface area contributed by atoms with Gasteiger partial charge >= 0.3 is 0 Å². The molecule has 1 saturated carbocycles. The molecule has 0 radical (unpaired) electrons. The second-order valence-electron chi connectivity index (χ2n) is 6.16. The lowest BCUT2D eigenvalue weighted by molar-refractivity contribution is -0.117. The largest absolute Gasteiger partial charge is 0.497 e. The second kappa shape index (κ2) is 7.61. The monoisotopic (exact) mass is 346 g/mol. The maximum atomic E-state index is 13.6. The Hall–Kier alpha value is -2.47. The molecule has 0 heterocycles. The van der Waals surface area contributed by atoms with Crippen molar-refractivity contribution in [3.63, 3.8) is 0 Å². The van der Waals surface area contributed by atoms with Gasteiger partial charge in [0, 0.05) is 18.7 Å². The molecule has 0 saturated heterocycles. The summed E-state index contributed by atoms with van der Waals surface area (Å²) in [5, 5.41) is 2.45. The lowest BCUT2D eigenvalue weighted by Crippen LogP contribution is -2.34. The number of anilines is 1. The number of rotatable bonds is 7. The average Bonchev–Trinajstić information content (AvgIpc) is 3.43. The number of methoxy groups -OCH3 is 1. The maximum absolute atomic E-state index is 13.6. The van der Waals surface area contributed by atoms with Crippen molar-refractivity contribution in [1.82, 2.24) is 4.90 Å². The fraction of sp³-hybridized carbons (Fsp3) is 0.316. The van der Waals surface area contributed by atoms with Crippen LogP contribution in [-0.2, 0) is 11.3 Å². The molecule has 0 aromatic heterocycles. The van der Waals surface area contributed by atoms with Crippen molar-refractivity contribution in [3.8, 4) is 5.75 Å². The molecule has 1 aliphatic rings. The van der Waals surface area contributed by atoms with E-state index in [0.717, 1.165) is 42.4 Å². The number of hydrogen-bond acceptors (Lipinski definition) is 3. The summed E-state index contributed by atoms with van der Waals surface area (Å²) in [6, 6.07) is 11.0. The highest BCUT2D eigenvalue weighted by Gasteiger charge is 2.30. The van der Waals surface area contributed by atoms with Crippen LogP contribution in [0.25, 0.3) is 0 Å². The van der Waals surface area contributed by atoms with Gasteiger partial charge < -0.3 is 10.1 Å². The molecular weight excluding hydrogens is 326 g/mol. The second-order valence-corrected chi connectivity index (χ2v) is 6.16. The summed E-state index contributed by atoms with van der Waals surface area (Å²) in [6.07, 6.45) is 2.08. The SMILES string of the molecule is COc1ccc(CN(CC(=O)Nc2cc(F)ccc2F)C2CC2)cc1. The summed E-state index contributed by atoms with van der Waals surface area (Å²) >= 11 is 0. The summed E-state index contributed by atoms with van der Waals surface area (Å²) in [5.41, 5.74) is 0.933. The van der Waals surface area contributed by atoms with Crippen molar-refractivity contribution in [2.24, 2.45) is 0 Å². The quantitative estimate of drug-likeness (QED) is 0.833. The van der Waals surface area contributed by atoms with E-state index < -0.39 is 11.6 Å². The standard InChI is InChI=1S/C19H20F2N2O2/c1-25-16-7-2-13(3-8-16)11-23(15-5-6-15)12-19(24)22-18-10-14(20)4-9-17(18)21/h2-4,7-10,15H,5-6,11-12H2,1H3,(H,22,24). The van der Waals surface area contributed by atoms with Crippen LogP contribution in [0.1, 0.15) is 18.4 Å². The molecule has 0 aliphatic heterocycles. The Bertz CT molecular complexity index is 746. The minimum Gasteiger partial charge on any atom is -0.497 e. The van der Waals surface area contributed by atoms with Crippen LogP contribution in [0, 0.1) is 11.6 Å². The third-order valence-electron chi connectivity index (χ3n) is 4.16. The maximum Gasteiger partial charge on any atom is 0.238 e. The molecule has 2 aromatic rings. The molecule has 1 aliphatic carbocycles. The van der Waals surface area contributed by atoms with Gasteiger partial charge in [-0.2, -0.15) is 0 Å². The Morgan fingerprint density at radius 2 is 1.92 bits per heavy atom. The highest BCUT2D eigenvalue weighted by molar-refractivity contribution is 5.92. The molecule has 0 bridgehead atoms. The van der Waals surface area contributed by atoms with Crippen LogP contribution in [-0.4, -0.2) is 30.5 Å². The predicted octanol–water partition coefficient (Wildman–Crippen LogP) is 3.58. The summed E-state index contributed by atoms with van der Waals surface area (Å²) in [5.74, 6) is -0.817. The minimum atomic E-state index is -0.650. The van der Waals surface area contributed by atoms with Crippen molar-refractivity contribution < 1.29 is 18.3 Å². The minimum absolute atomic E-state index is 0.132. The van der Waals surface area contributed by atoms with Crippen LogP contribution in [0.5, 0.6) is 5.75 Å². The number of ether oxygens (including phenoxy) is 1. The van der Waals surface area contributed by atoms with E-state index in [4.69, 9.17) is 4.74 Å². The summed E-state index contributed by atoms with van der Waals surface area (Å²) in [6.45, 7) is 0.750. The van der Waals surface area contributed by atoms with Crippen LogP contribution < -0.4 is 10.1 Å². The van der Waals surface area contributed by atoms with Gasteiger partial charge in [0.15, 0.2) is 0 Å². The van der Waals surface area contributed by atoms with Gasteiger partial charge in [0.05, 0.1) is 19.3 Å². The molecule has 0 unspecified atom stereocenters. The van der Waals surface area contributed by atoms with E-state index in [1.807, 2.05) is 29.2 Å². The first-order valence-electron chi connectivity index (χ1n) is 8.17. The van der Waals surface area contributed by atoms with Gasteiger partial charge in [0.1, 0.15) is 17.4 Å². The number of carbonyl (C=O) groups is 1. The molecule has 3 rings (SSSR count). The lowest BCUT2D eigenvalue weighted by Gasteiger charge is -2.21. The third-order valence-corrected chi connectivity index (χ3v) is 4.16.